The minimum absolute atomic E-state index is 0.265. The average molecular weight is 645 g/mol. The minimum Gasteiger partial charge on any atom is -0.494 e. The van der Waals surface area contributed by atoms with Gasteiger partial charge in [-0.25, -0.2) is 13.4 Å². The Balaban J connectivity index is 1.20. The highest BCUT2D eigenvalue weighted by atomic mass is 32.2. The van der Waals surface area contributed by atoms with Crippen molar-refractivity contribution in [2.24, 2.45) is 0 Å². The number of methoxy groups -OCH3 is 1. The molecule has 0 bridgehead atoms. The van der Waals surface area contributed by atoms with Crippen LogP contribution in [0.25, 0.3) is 17.1 Å². The monoisotopic (exact) mass is 644 g/mol. The number of aromatic nitrogens is 4. The third-order valence-electron chi connectivity index (χ3n) is 8.53. The van der Waals surface area contributed by atoms with Crippen molar-refractivity contribution < 1.29 is 13.2 Å². The molecule has 2 aliphatic heterocycles. The van der Waals surface area contributed by atoms with E-state index in [0.29, 0.717) is 45.8 Å². The van der Waals surface area contributed by atoms with Gasteiger partial charge in [-0.2, -0.15) is 4.98 Å². The van der Waals surface area contributed by atoms with Gasteiger partial charge in [0.2, 0.25) is 16.0 Å². The van der Waals surface area contributed by atoms with Crippen LogP contribution >= 0.6 is 0 Å². The summed E-state index contributed by atoms with van der Waals surface area (Å²) >= 11 is 0. The van der Waals surface area contributed by atoms with Crippen molar-refractivity contribution in [3.63, 3.8) is 0 Å². The summed E-state index contributed by atoms with van der Waals surface area (Å²) in [5.74, 6) is 1.42. The highest BCUT2D eigenvalue weighted by molar-refractivity contribution is 7.92. The Hall–Kier alpha value is -4.53. The van der Waals surface area contributed by atoms with Crippen LogP contribution in [-0.4, -0.2) is 104 Å². The van der Waals surface area contributed by atoms with Gasteiger partial charge in [-0.1, -0.05) is 12.7 Å². The van der Waals surface area contributed by atoms with Crippen LogP contribution in [0, 0.1) is 0 Å². The van der Waals surface area contributed by atoms with Gasteiger partial charge >= 0.3 is 0 Å². The summed E-state index contributed by atoms with van der Waals surface area (Å²) in [6.45, 7) is 10.5. The van der Waals surface area contributed by atoms with Gasteiger partial charge in [-0.3, -0.25) is 19.6 Å². The van der Waals surface area contributed by atoms with E-state index in [0.717, 1.165) is 69.7 Å². The summed E-state index contributed by atoms with van der Waals surface area (Å²) in [7, 11) is 0.226. The second-order valence-corrected chi connectivity index (χ2v) is 13.4. The molecule has 0 amide bonds. The number of benzene rings is 2. The van der Waals surface area contributed by atoms with E-state index in [1.807, 2.05) is 6.07 Å². The van der Waals surface area contributed by atoms with E-state index in [1.54, 1.807) is 37.7 Å². The molecule has 242 valence electrons. The van der Waals surface area contributed by atoms with E-state index >= 15 is 0 Å². The van der Waals surface area contributed by atoms with Crippen molar-refractivity contribution in [3.8, 4) is 5.75 Å². The second-order valence-electron chi connectivity index (χ2n) is 11.7. The molecule has 0 atom stereocenters. The standard InChI is InChI=1S/C32H40N10O3S/c1-5-22-21-35-32(38-31(22)36-27-9-8-26-29(34-13-12-33-26)30(27)39-46(4,43)44)37-25-7-6-24(20-28(25)45-3)41-14-10-23(11-15-41)42-18-16-40(2)17-19-42/h5-9,12-13,20-21,23,39H,1,10-11,14-19H2,2-4H3,(H2,35,36,37,38). The van der Waals surface area contributed by atoms with E-state index in [-0.39, 0.29) is 5.69 Å². The van der Waals surface area contributed by atoms with Crippen LogP contribution in [0.3, 0.4) is 0 Å². The molecule has 0 saturated carbocycles. The third-order valence-corrected chi connectivity index (χ3v) is 9.11. The van der Waals surface area contributed by atoms with Gasteiger partial charge in [0.15, 0.2) is 0 Å². The smallest absolute Gasteiger partial charge is 0.229 e. The minimum atomic E-state index is -3.62. The summed E-state index contributed by atoms with van der Waals surface area (Å²) < 4.78 is 32.8. The fourth-order valence-electron chi connectivity index (χ4n) is 6.03. The molecule has 13 nitrogen and oxygen atoms in total. The number of anilines is 6. The molecule has 14 heteroatoms. The number of likely N-dealkylation sites (N-methyl/N-ethyl adjacent to an activating group) is 1. The average Bonchev–Trinajstić information content (AvgIpc) is 3.06. The lowest BCUT2D eigenvalue weighted by Gasteiger charge is -2.42. The zero-order chi connectivity index (χ0) is 32.3. The Bertz CT molecular complexity index is 1820. The van der Waals surface area contributed by atoms with Gasteiger partial charge in [0.25, 0.3) is 0 Å². The van der Waals surface area contributed by atoms with Crippen LogP contribution in [0.4, 0.5) is 34.5 Å². The Labute approximate surface area is 269 Å². The molecule has 0 spiro atoms. The molecular formula is C32H40N10O3S. The Morgan fingerprint density at radius 2 is 1.70 bits per heavy atom. The number of nitrogens with zero attached hydrogens (tertiary/aromatic N) is 7. The van der Waals surface area contributed by atoms with Crippen molar-refractivity contribution >= 4 is 61.6 Å². The molecule has 0 aliphatic carbocycles. The molecule has 2 aromatic carbocycles. The molecule has 2 aliphatic rings. The Morgan fingerprint density at radius 3 is 2.41 bits per heavy atom. The lowest BCUT2D eigenvalue weighted by Crippen LogP contribution is -2.52. The molecule has 2 aromatic heterocycles. The van der Waals surface area contributed by atoms with Gasteiger partial charge in [0.1, 0.15) is 17.1 Å². The predicted octanol–water partition coefficient (Wildman–Crippen LogP) is 4.15. The number of hydrogen-bond acceptors (Lipinski definition) is 12. The molecule has 2 fully saturated rings. The summed E-state index contributed by atoms with van der Waals surface area (Å²) in [6.07, 6.45) is 9.71. The number of rotatable bonds is 10. The number of nitrogens with one attached hydrogen (secondary N) is 3. The first-order valence-electron chi connectivity index (χ1n) is 15.3. The van der Waals surface area contributed by atoms with Crippen LogP contribution in [-0.2, 0) is 10.0 Å². The summed E-state index contributed by atoms with van der Waals surface area (Å²) in [5.41, 5.74) is 4.12. The van der Waals surface area contributed by atoms with Crippen LogP contribution in [0.5, 0.6) is 5.75 Å². The normalized spacial score (nSPS) is 16.7. The topological polar surface area (TPSA) is 141 Å². The third kappa shape index (κ3) is 7.14. The Kier molecular flexibility index (Phi) is 9.20. The molecule has 0 radical (unpaired) electrons. The second kappa shape index (κ2) is 13.4. The molecule has 3 N–H and O–H groups in total. The number of piperazine rings is 1. The summed E-state index contributed by atoms with van der Waals surface area (Å²) in [4.78, 5) is 25.3. The zero-order valence-corrected chi connectivity index (χ0v) is 27.2. The predicted molar refractivity (Wildman–Crippen MR) is 184 cm³/mol. The van der Waals surface area contributed by atoms with Gasteiger partial charge < -0.3 is 25.2 Å². The fraction of sp³-hybridized carbons (Fsp3) is 0.375. The summed E-state index contributed by atoms with van der Waals surface area (Å²) in [6, 6.07) is 10.3. The van der Waals surface area contributed by atoms with Crippen LogP contribution in [0.2, 0.25) is 0 Å². The highest BCUT2D eigenvalue weighted by Gasteiger charge is 2.27. The maximum absolute atomic E-state index is 12.2. The first-order valence-corrected chi connectivity index (χ1v) is 17.2. The van der Waals surface area contributed by atoms with Crippen molar-refractivity contribution in [2.45, 2.75) is 18.9 Å². The van der Waals surface area contributed by atoms with E-state index in [9.17, 15) is 8.42 Å². The number of fused-ring (bicyclic) bond motifs is 1. The van der Waals surface area contributed by atoms with Crippen molar-refractivity contribution in [1.82, 2.24) is 29.7 Å². The molecule has 0 unspecified atom stereocenters. The number of hydrogen-bond donors (Lipinski definition) is 3. The summed E-state index contributed by atoms with van der Waals surface area (Å²) in [5, 5.41) is 6.52. The maximum atomic E-state index is 12.2. The quantitative estimate of drug-likeness (QED) is 0.228. The number of sulfonamides is 1. The van der Waals surface area contributed by atoms with Gasteiger partial charge in [0, 0.05) is 81.2 Å². The fourth-order valence-corrected chi connectivity index (χ4v) is 6.61. The Morgan fingerprint density at radius 1 is 0.957 bits per heavy atom. The highest BCUT2D eigenvalue weighted by Crippen LogP contribution is 2.35. The zero-order valence-electron chi connectivity index (χ0n) is 26.4. The molecule has 46 heavy (non-hydrogen) atoms. The molecule has 6 rings (SSSR count). The van der Waals surface area contributed by atoms with Crippen molar-refractivity contribution in [2.75, 3.05) is 79.9 Å². The number of ether oxygens (including phenoxy) is 1. The van der Waals surface area contributed by atoms with Crippen molar-refractivity contribution in [3.05, 3.63) is 61.1 Å². The van der Waals surface area contributed by atoms with E-state index in [4.69, 9.17) is 9.72 Å². The number of piperidine rings is 1. The lowest BCUT2D eigenvalue weighted by molar-refractivity contribution is 0.0982. The van der Waals surface area contributed by atoms with E-state index < -0.39 is 10.0 Å². The largest absolute Gasteiger partial charge is 0.494 e. The van der Waals surface area contributed by atoms with Gasteiger partial charge in [-0.05, 0) is 44.2 Å². The molecular weight excluding hydrogens is 604 g/mol. The molecule has 2 saturated heterocycles. The van der Waals surface area contributed by atoms with Crippen molar-refractivity contribution in [1.29, 1.82) is 0 Å². The first-order chi connectivity index (χ1) is 22.2. The van der Waals surface area contributed by atoms with Crippen LogP contribution in [0.1, 0.15) is 18.4 Å². The SMILES string of the molecule is C=Cc1cnc(Nc2ccc(N3CCC(N4CCN(C)CC4)CC3)cc2OC)nc1Nc1ccc2nccnc2c1NS(C)(=O)=O. The van der Waals surface area contributed by atoms with Gasteiger partial charge in [0.05, 0.1) is 35.9 Å². The van der Waals surface area contributed by atoms with Crippen LogP contribution in [0.15, 0.2) is 55.5 Å². The molecule has 4 heterocycles. The van der Waals surface area contributed by atoms with E-state index in [1.165, 1.54) is 6.20 Å². The maximum Gasteiger partial charge on any atom is 0.229 e. The lowest BCUT2D eigenvalue weighted by atomic mass is 10.0. The first kappa shape index (κ1) is 31.5. The molecule has 4 aromatic rings. The van der Waals surface area contributed by atoms with Gasteiger partial charge in [-0.15, -0.1) is 0 Å². The van der Waals surface area contributed by atoms with E-state index in [2.05, 4.69) is 70.8 Å². The van der Waals surface area contributed by atoms with Crippen LogP contribution < -0.4 is 25.0 Å².